The third-order valence-corrected chi connectivity index (χ3v) is 5.86. The number of hydrogen-bond donors (Lipinski definition) is 1. The number of amides is 4. The van der Waals surface area contributed by atoms with Crippen LogP contribution < -0.4 is 5.32 Å². The van der Waals surface area contributed by atoms with Crippen LogP contribution in [0.3, 0.4) is 0 Å². The van der Waals surface area contributed by atoms with Crippen LogP contribution in [0.15, 0.2) is 47.1 Å². The normalized spacial score (nSPS) is 17.2. The molecule has 0 radical (unpaired) electrons. The molecule has 0 bridgehead atoms. The second kappa shape index (κ2) is 9.68. The van der Waals surface area contributed by atoms with Gasteiger partial charge in [0, 0.05) is 50.5 Å². The van der Waals surface area contributed by atoms with E-state index in [9.17, 15) is 14.4 Å². The molecule has 0 atom stereocenters. The Balaban J connectivity index is 1.28. The first kappa shape index (κ1) is 21.0. The van der Waals surface area contributed by atoms with Gasteiger partial charge in [0.25, 0.3) is 11.8 Å². The zero-order valence-electron chi connectivity index (χ0n) is 17.6. The van der Waals surface area contributed by atoms with Crippen molar-refractivity contribution >= 4 is 23.5 Å². The number of carbonyl (C=O) groups is 3. The van der Waals surface area contributed by atoms with Crippen LogP contribution in [0.25, 0.3) is 0 Å². The lowest BCUT2D eigenvalue weighted by atomic mass is 10.1. The Hall–Kier alpha value is -3.29. The highest BCUT2D eigenvalue weighted by molar-refractivity contribution is 5.96. The largest absolute Gasteiger partial charge is 0.459 e. The molecule has 0 saturated carbocycles. The zero-order valence-corrected chi connectivity index (χ0v) is 17.6. The molecule has 8 nitrogen and oxygen atoms in total. The summed E-state index contributed by atoms with van der Waals surface area (Å²) >= 11 is 0. The molecule has 0 unspecified atom stereocenters. The van der Waals surface area contributed by atoms with E-state index in [0.29, 0.717) is 43.2 Å². The molecule has 0 aliphatic carbocycles. The number of furan rings is 1. The van der Waals surface area contributed by atoms with Crippen molar-refractivity contribution in [1.29, 1.82) is 0 Å². The number of piperazine rings is 1. The van der Waals surface area contributed by atoms with Gasteiger partial charge in [-0.1, -0.05) is 12.8 Å². The molecule has 2 aliphatic rings. The molecule has 4 rings (SSSR count). The van der Waals surface area contributed by atoms with E-state index in [4.69, 9.17) is 4.42 Å². The minimum atomic E-state index is -0.211. The van der Waals surface area contributed by atoms with E-state index in [1.54, 1.807) is 46.2 Å². The molecule has 1 aromatic carbocycles. The zero-order chi connectivity index (χ0) is 21.6. The summed E-state index contributed by atoms with van der Waals surface area (Å²) < 4.78 is 5.16. The average molecular weight is 425 g/mol. The standard InChI is InChI=1S/C23H28N4O4/c28-21(25-11-3-1-2-4-12-25)18-7-9-19(10-8-18)24-23(30)27-15-13-26(14-16-27)22(29)20-6-5-17-31-20/h5-10,17H,1-4,11-16H2,(H,24,30). The van der Waals surface area contributed by atoms with E-state index in [-0.39, 0.29) is 17.8 Å². The number of anilines is 1. The van der Waals surface area contributed by atoms with Crippen LogP contribution in [0.5, 0.6) is 0 Å². The quantitative estimate of drug-likeness (QED) is 0.819. The summed E-state index contributed by atoms with van der Waals surface area (Å²) in [6.07, 6.45) is 5.95. The first-order valence-electron chi connectivity index (χ1n) is 10.9. The highest BCUT2D eigenvalue weighted by atomic mass is 16.3. The van der Waals surface area contributed by atoms with Gasteiger partial charge in [-0.25, -0.2) is 4.79 Å². The topological polar surface area (TPSA) is 86.1 Å². The molecule has 4 amide bonds. The molecule has 2 fully saturated rings. The predicted molar refractivity (Wildman–Crippen MR) is 116 cm³/mol. The molecule has 2 saturated heterocycles. The third-order valence-electron chi connectivity index (χ3n) is 5.86. The van der Waals surface area contributed by atoms with E-state index in [1.165, 1.54) is 19.1 Å². The number of likely N-dealkylation sites (tertiary alicyclic amines) is 1. The van der Waals surface area contributed by atoms with Crippen LogP contribution in [-0.2, 0) is 0 Å². The summed E-state index contributed by atoms with van der Waals surface area (Å²) in [7, 11) is 0. The molecule has 164 valence electrons. The number of nitrogens with zero attached hydrogens (tertiary/aromatic N) is 3. The Kier molecular flexibility index (Phi) is 6.54. The fraction of sp³-hybridized carbons (Fsp3) is 0.435. The van der Waals surface area contributed by atoms with Gasteiger partial charge in [-0.2, -0.15) is 0 Å². The minimum Gasteiger partial charge on any atom is -0.459 e. The summed E-state index contributed by atoms with van der Waals surface area (Å²) in [6, 6.07) is 10.2. The monoisotopic (exact) mass is 424 g/mol. The van der Waals surface area contributed by atoms with Gasteiger partial charge in [0.1, 0.15) is 0 Å². The minimum absolute atomic E-state index is 0.0529. The van der Waals surface area contributed by atoms with Crippen molar-refractivity contribution in [3.63, 3.8) is 0 Å². The van der Waals surface area contributed by atoms with Crippen LogP contribution in [0, 0.1) is 0 Å². The first-order valence-corrected chi connectivity index (χ1v) is 10.9. The molecule has 1 aromatic heterocycles. The van der Waals surface area contributed by atoms with Gasteiger partial charge < -0.3 is 24.4 Å². The molecule has 2 aliphatic heterocycles. The van der Waals surface area contributed by atoms with Gasteiger partial charge in [0.05, 0.1) is 6.26 Å². The molecule has 0 spiro atoms. The number of benzene rings is 1. The van der Waals surface area contributed by atoms with Gasteiger partial charge in [0.2, 0.25) is 0 Å². The molecule has 1 N–H and O–H groups in total. The lowest BCUT2D eigenvalue weighted by molar-refractivity contribution is 0.0640. The highest BCUT2D eigenvalue weighted by Crippen LogP contribution is 2.17. The second-order valence-electron chi connectivity index (χ2n) is 7.97. The van der Waals surface area contributed by atoms with Crippen molar-refractivity contribution < 1.29 is 18.8 Å². The fourth-order valence-electron chi connectivity index (χ4n) is 4.02. The third kappa shape index (κ3) is 5.07. The van der Waals surface area contributed by atoms with Crippen molar-refractivity contribution in [3.8, 4) is 0 Å². The lowest BCUT2D eigenvalue weighted by Gasteiger charge is -2.34. The Bertz CT molecular complexity index is 894. The van der Waals surface area contributed by atoms with E-state index in [1.807, 2.05) is 4.90 Å². The van der Waals surface area contributed by atoms with E-state index < -0.39 is 0 Å². The van der Waals surface area contributed by atoms with E-state index in [0.717, 1.165) is 25.9 Å². The van der Waals surface area contributed by atoms with Crippen LogP contribution in [0.4, 0.5) is 10.5 Å². The molecular weight excluding hydrogens is 396 g/mol. The predicted octanol–water partition coefficient (Wildman–Crippen LogP) is 3.29. The van der Waals surface area contributed by atoms with Crippen molar-refractivity contribution in [2.45, 2.75) is 25.7 Å². The maximum Gasteiger partial charge on any atom is 0.321 e. The average Bonchev–Trinajstić information content (AvgIpc) is 3.21. The molecule has 3 heterocycles. The molecular formula is C23H28N4O4. The maximum absolute atomic E-state index is 12.7. The van der Waals surface area contributed by atoms with Crippen LogP contribution in [-0.4, -0.2) is 71.8 Å². The summed E-state index contributed by atoms with van der Waals surface area (Å²) in [6.45, 7) is 3.43. The summed E-state index contributed by atoms with van der Waals surface area (Å²) in [5.74, 6) is 0.208. The molecule has 8 heteroatoms. The van der Waals surface area contributed by atoms with Crippen LogP contribution in [0.2, 0.25) is 0 Å². The Morgan fingerprint density at radius 3 is 1.94 bits per heavy atom. The fourth-order valence-corrected chi connectivity index (χ4v) is 4.02. The lowest BCUT2D eigenvalue weighted by Crippen LogP contribution is -2.51. The Morgan fingerprint density at radius 2 is 1.32 bits per heavy atom. The van der Waals surface area contributed by atoms with Gasteiger partial charge in [-0.15, -0.1) is 0 Å². The number of rotatable bonds is 3. The Labute approximate surface area is 181 Å². The Morgan fingerprint density at radius 1 is 0.710 bits per heavy atom. The van der Waals surface area contributed by atoms with Gasteiger partial charge in [-0.3, -0.25) is 9.59 Å². The highest BCUT2D eigenvalue weighted by Gasteiger charge is 2.26. The van der Waals surface area contributed by atoms with Crippen molar-refractivity contribution in [1.82, 2.24) is 14.7 Å². The maximum atomic E-state index is 12.7. The van der Waals surface area contributed by atoms with Crippen LogP contribution in [0.1, 0.15) is 46.6 Å². The SMILES string of the molecule is O=C(Nc1ccc(C(=O)N2CCCCCC2)cc1)N1CCN(C(=O)c2ccco2)CC1. The molecule has 2 aromatic rings. The van der Waals surface area contributed by atoms with Crippen molar-refractivity contribution in [2.24, 2.45) is 0 Å². The number of carbonyl (C=O) groups excluding carboxylic acids is 3. The van der Waals surface area contributed by atoms with Gasteiger partial charge in [-0.05, 0) is 49.2 Å². The second-order valence-corrected chi connectivity index (χ2v) is 7.97. The number of hydrogen-bond acceptors (Lipinski definition) is 4. The summed E-state index contributed by atoms with van der Waals surface area (Å²) in [5, 5.41) is 2.88. The van der Waals surface area contributed by atoms with Gasteiger partial charge in [0.15, 0.2) is 5.76 Å². The number of nitrogens with one attached hydrogen (secondary N) is 1. The summed E-state index contributed by atoms with van der Waals surface area (Å²) in [5.41, 5.74) is 1.29. The van der Waals surface area contributed by atoms with Crippen molar-refractivity contribution in [3.05, 3.63) is 54.0 Å². The smallest absolute Gasteiger partial charge is 0.321 e. The van der Waals surface area contributed by atoms with Gasteiger partial charge >= 0.3 is 6.03 Å². The van der Waals surface area contributed by atoms with Crippen molar-refractivity contribution in [2.75, 3.05) is 44.6 Å². The number of urea groups is 1. The van der Waals surface area contributed by atoms with Crippen LogP contribution >= 0.6 is 0 Å². The molecule has 31 heavy (non-hydrogen) atoms. The summed E-state index contributed by atoms with van der Waals surface area (Å²) in [4.78, 5) is 42.9. The first-order chi connectivity index (χ1) is 15.1. The van der Waals surface area contributed by atoms with E-state index in [2.05, 4.69) is 5.32 Å². The van der Waals surface area contributed by atoms with E-state index >= 15 is 0 Å².